The average molecular weight is 427 g/mol. The molecule has 0 spiro atoms. The van der Waals surface area contributed by atoms with Crippen LogP contribution in [0.2, 0.25) is 0 Å². The van der Waals surface area contributed by atoms with Gasteiger partial charge in [-0.2, -0.15) is 0 Å². The number of esters is 1. The van der Waals surface area contributed by atoms with Gasteiger partial charge >= 0.3 is 5.97 Å². The number of carbonyl (C=O) groups excluding carboxylic acids is 3. The molecule has 2 aromatic rings. The van der Waals surface area contributed by atoms with Gasteiger partial charge < -0.3 is 19.5 Å². The highest BCUT2D eigenvalue weighted by atomic mass is 32.1. The van der Waals surface area contributed by atoms with Crippen molar-refractivity contribution in [3.8, 4) is 0 Å². The van der Waals surface area contributed by atoms with Gasteiger partial charge in [-0.05, 0) is 42.0 Å². The monoisotopic (exact) mass is 427 g/mol. The summed E-state index contributed by atoms with van der Waals surface area (Å²) >= 11 is 1.25. The van der Waals surface area contributed by atoms with Gasteiger partial charge in [-0.15, -0.1) is 11.3 Å². The molecule has 156 valence electrons. The topological polar surface area (TPSA) is 93.1 Å². The summed E-state index contributed by atoms with van der Waals surface area (Å²) in [6, 6.07) is 9.16. The largest absolute Gasteiger partial charge is 0.503 e. The number of benzene rings is 1. The second-order valence-electron chi connectivity index (χ2n) is 7.18. The first-order chi connectivity index (χ1) is 14.5. The van der Waals surface area contributed by atoms with Crippen LogP contribution in [0.3, 0.4) is 0 Å². The first kappa shape index (κ1) is 20.3. The Kier molecular flexibility index (Phi) is 5.69. The van der Waals surface area contributed by atoms with Gasteiger partial charge in [0.25, 0.3) is 5.91 Å². The maximum absolute atomic E-state index is 13.2. The molecule has 0 aliphatic carbocycles. The van der Waals surface area contributed by atoms with Crippen molar-refractivity contribution < 1.29 is 29.0 Å². The fourth-order valence-electron chi connectivity index (χ4n) is 3.89. The number of rotatable bonds is 6. The summed E-state index contributed by atoms with van der Waals surface area (Å²) in [5.74, 6) is -1.98. The fourth-order valence-corrected chi connectivity index (χ4v) is 4.57. The van der Waals surface area contributed by atoms with E-state index in [2.05, 4.69) is 0 Å². The zero-order chi connectivity index (χ0) is 21.3. The second-order valence-corrected chi connectivity index (χ2v) is 8.13. The van der Waals surface area contributed by atoms with E-state index in [1.165, 1.54) is 23.3 Å². The summed E-state index contributed by atoms with van der Waals surface area (Å²) in [5, 5.41) is 12.4. The number of aliphatic hydroxyl groups excluding tert-OH is 1. The summed E-state index contributed by atoms with van der Waals surface area (Å²) in [7, 11) is 1.30. The molecule has 4 rings (SSSR count). The van der Waals surface area contributed by atoms with E-state index in [0.29, 0.717) is 22.6 Å². The number of carbonyl (C=O) groups is 3. The van der Waals surface area contributed by atoms with Crippen LogP contribution in [0.5, 0.6) is 0 Å². The number of nitrogens with zero attached hydrogens (tertiary/aromatic N) is 1. The summed E-state index contributed by atoms with van der Waals surface area (Å²) in [6.45, 7) is 0.902. The molecule has 1 saturated heterocycles. The number of Topliss-reactive ketones (excluding diaryl/α,β-unsaturated/α-hetero) is 1. The third-order valence-electron chi connectivity index (χ3n) is 5.37. The lowest BCUT2D eigenvalue weighted by molar-refractivity contribution is -0.131. The standard InChI is InChI=1S/C22H21NO6S/c1-28-22(27)14-8-6-13(7-9-14)18-17(19(24)16-5-3-11-30-16)20(25)21(26)23(18)12-15-4-2-10-29-15/h3,5-9,11,15,18,25H,2,4,10,12H2,1H3. The van der Waals surface area contributed by atoms with Gasteiger partial charge in [-0.25, -0.2) is 4.79 Å². The van der Waals surface area contributed by atoms with Gasteiger partial charge in [-0.3, -0.25) is 9.59 Å². The molecule has 2 unspecified atom stereocenters. The number of ether oxygens (including phenoxy) is 2. The highest BCUT2D eigenvalue weighted by Crippen LogP contribution is 2.40. The van der Waals surface area contributed by atoms with Crippen molar-refractivity contribution in [2.75, 3.05) is 20.3 Å². The smallest absolute Gasteiger partial charge is 0.337 e. The third-order valence-corrected chi connectivity index (χ3v) is 6.23. The minimum atomic E-state index is -0.761. The van der Waals surface area contributed by atoms with Crippen LogP contribution in [-0.2, 0) is 14.3 Å². The van der Waals surface area contributed by atoms with Crippen molar-refractivity contribution in [2.24, 2.45) is 0 Å². The summed E-state index contributed by atoms with van der Waals surface area (Å²) in [4.78, 5) is 39.8. The van der Waals surface area contributed by atoms with Crippen LogP contribution in [0.15, 0.2) is 53.1 Å². The van der Waals surface area contributed by atoms with E-state index >= 15 is 0 Å². The molecule has 7 nitrogen and oxygen atoms in total. The Morgan fingerprint density at radius 1 is 1.27 bits per heavy atom. The van der Waals surface area contributed by atoms with E-state index in [0.717, 1.165) is 12.8 Å². The molecule has 0 radical (unpaired) electrons. The molecule has 2 aliphatic heterocycles. The van der Waals surface area contributed by atoms with Gasteiger partial charge in [-0.1, -0.05) is 18.2 Å². The van der Waals surface area contributed by atoms with Crippen LogP contribution in [-0.4, -0.2) is 54.0 Å². The van der Waals surface area contributed by atoms with Gasteiger partial charge in [0.05, 0.1) is 35.3 Å². The van der Waals surface area contributed by atoms with Crippen LogP contribution in [0.1, 0.15) is 44.5 Å². The number of hydrogen-bond donors (Lipinski definition) is 1. The maximum atomic E-state index is 13.2. The molecule has 0 saturated carbocycles. The Labute approximate surface area is 177 Å². The minimum absolute atomic E-state index is 0.0475. The molecule has 8 heteroatoms. The molecule has 1 N–H and O–H groups in total. The van der Waals surface area contributed by atoms with Crippen molar-refractivity contribution in [3.05, 3.63) is 69.1 Å². The summed E-state index contributed by atoms with van der Waals surface area (Å²) in [6.07, 6.45) is 1.58. The van der Waals surface area contributed by atoms with Crippen molar-refractivity contribution >= 4 is 29.0 Å². The van der Waals surface area contributed by atoms with Crippen LogP contribution < -0.4 is 0 Å². The van der Waals surface area contributed by atoms with Gasteiger partial charge in [0.1, 0.15) is 0 Å². The molecule has 1 amide bonds. The van der Waals surface area contributed by atoms with Crippen molar-refractivity contribution in [3.63, 3.8) is 0 Å². The Morgan fingerprint density at radius 2 is 2.03 bits per heavy atom. The van der Waals surface area contributed by atoms with Crippen LogP contribution in [0.4, 0.5) is 0 Å². The van der Waals surface area contributed by atoms with E-state index in [-0.39, 0.29) is 24.0 Å². The van der Waals surface area contributed by atoms with Crippen molar-refractivity contribution in [1.82, 2.24) is 4.90 Å². The Bertz CT molecular complexity index is 989. The average Bonchev–Trinajstić information content (AvgIpc) is 3.52. The zero-order valence-corrected chi connectivity index (χ0v) is 17.2. The highest BCUT2D eigenvalue weighted by molar-refractivity contribution is 7.12. The van der Waals surface area contributed by atoms with E-state index in [4.69, 9.17) is 9.47 Å². The Hall–Kier alpha value is -2.97. The lowest BCUT2D eigenvalue weighted by Gasteiger charge is -2.29. The normalized spacial score (nSPS) is 21.4. The molecular weight excluding hydrogens is 406 g/mol. The first-order valence-electron chi connectivity index (χ1n) is 9.63. The number of aliphatic hydroxyl groups is 1. The SMILES string of the molecule is COC(=O)c1ccc(C2C(C(=O)c3cccs3)=C(O)C(=O)N2CC2CCCO2)cc1. The maximum Gasteiger partial charge on any atom is 0.337 e. The molecule has 0 bridgehead atoms. The Balaban J connectivity index is 1.73. The fraction of sp³-hybridized carbons (Fsp3) is 0.318. The number of methoxy groups -OCH3 is 1. The molecule has 2 aliphatic rings. The number of hydrogen-bond acceptors (Lipinski definition) is 7. The van der Waals surface area contributed by atoms with Gasteiger partial charge in [0.15, 0.2) is 5.76 Å². The molecule has 2 atom stereocenters. The van der Waals surface area contributed by atoms with Crippen molar-refractivity contribution in [2.45, 2.75) is 25.0 Å². The van der Waals surface area contributed by atoms with E-state index in [1.54, 1.807) is 41.8 Å². The van der Waals surface area contributed by atoms with E-state index in [9.17, 15) is 19.5 Å². The summed E-state index contributed by atoms with van der Waals surface area (Å²) < 4.78 is 10.4. The first-order valence-corrected chi connectivity index (χ1v) is 10.5. The molecule has 1 fully saturated rings. The summed E-state index contributed by atoms with van der Waals surface area (Å²) in [5.41, 5.74) is 1.03. The molecule has 1 aromatic heterocycles. The molecule has 3 heterocycles. The van der Waals surface area contributed by atoms with Crippen LogP contribution in [0, 0.1) is 0 Å². The van der Waals surface area contributed by atoms with Crippen LogP contribution in [0.25, 0.3) is 0 Å². The third kappa shape index (κ3) is 3.64. The quantitative estimate of drug-likeness (QED) is 0.562. The predicted octanol–water partition coefficient (Wildman–Crippen LogP) is 3.29. The highest BCUT2D eigenvalue weighted by Gasteiger charge is 2.45. The number of ketones is 1. The van der Waals surface area contributed by atoms with E-state index < -0.39 is 23.7 Å². The lowest BCUT2D eigenvalue weighted by atomic mass is 9.94. The molecular formula is C22H21NO6S. The number of amides is 1. The molecule has 1 aromatic carbocycles. The number of thiophene rings is 1. The molecule has 30 heavy (non-hydrogen) atoms. The zero-order valence-electron chi connectivity index (χ0n) is 16.4. The van der Waals surface area contributed by atoms with E-state index in [1.807, 2.05) is 0 Å². The van der Waals surface area contributed by atoms with Crippen LogP contribution >= 0.6 is 11.3 Å². The predicted molar refractivity (Wildman–Crippen MR) is 110 cm³/mol. The minimum Gasteiger partial charge on any atom is -0.503 e. The van der Waals surface area contributed by atoms with Gasteiger partial charge in [0.2, 0.25) is 5.78 Å². The second kappa shape index (κ2) is 8.41. The lowest BCUT2D eigenvalue weighted by Crippen LogP contribution is -2.37. The Morgan fingerprint density at radius 3 is 2.63 bits per heavy atom. The van der Waals surface area contributed by atoms with Crippen molar-refractivity contribution in [1.29, 1.82) is 0 Å². The van der Waals surface area contributed by atoms with Gasteiger partial charge in [0, 0.05) is 13.2 Å².